The smallest absolute Gasteiger partial charge is 0.322 e. The molecular weight excluding hydrogens is 318 g/mol. The van der Waals surface area contributed by atoms with E-state index in [-0.39, 0.29) is 11.5 Å². The van der Waals surface area contributed by atoms with Crippen LogP contribution in [0.4, 0.5) is 5.69 Å². The number of fused-ring (bicyclic) bond motifs is 1. The molecule has 3 aromatic rings. The molecule has 0 fully saturated rings. The van der Waals surface area contributed by atoms with E-state index in [1.807, 2.05) is 42.5 Å². The maximum Gasteiger partial charge on any atom is 0.330 e. The predicted molar refractivity (Wildman–Crippen MR) is 98.5 cm³/mol. The van der Waals surface area contributed by atoms with E-state index in [1.165, 1.54) is 30.0 Å². The molecule has 0 atom stereocenters. The lowest BCUT2D eigenvalue weighted by Crippen LogP contribution is -2.37. The molecule has 2 aromatic carbocycles. The van der Waals surface area contributed by atoms with E-state index in [9.17, 15) is 14.4 Å². The van der Waals surface area contributed by atoms with E-state index in [1.54, 1.807) is 7.05 Å². The normalized spacial score (nSPS) is 11.1. The van der Waals surface area contributed by atoms with Gasteiger partial charge in [-0.05, 0) is 29.0 Å². The third-order valence-electron chi connectivity index (χ3n) is 3.90. The summed E-state index contributed by atoms with van der Waals surface area (Å²) in [5, 5.41) is 4.87. The Hall–Kier alpha value is -3.41. The van der Waals surface area contributed by atoms with Crippen molar-refractivity contribution in [1.29, 1.82) is 0 Å². The van der Waals surface area contributed by atoms with Crippen molar-refractivity contribution in [1.82, 2.24) is 9.13 Å². The van der Waals surface area contributed by atoms with Gasteiger partial charge in [-0.25, -0.2) is 4.79 Å². The fourth-order valence-electron chi connectivity index (χ4n) is 2.57. The number of rotatable bonds is 3. The van der Waals surface area contributed by atoms with E-state index in [0.717, 1.165) is 15.3 Å². The molecule has 0 bridgehead atoms. The van der Waals surface area contributed by atoms with Crippen LogP contribution in [0.3, 0.4) is 0 Å². The molecule has 3 rings (SSSR count). The summed E-state index contributed by atoms with van der Waals surface area (Å²) < 4.78 is 2.29. The van der Waals surface area contributed by atoms with Crippen LogP contribution in [0.15, 0.2) is 64.3 Å². The van der Waals surface area contributed by atoms with Gasteiger partial charge in [-0.2, -0.15) is 0 Å². The van der Waals surface area contributed by atoms with Crippen molar-refractivity contribution in [3.8, 4) is 0 Å². The van der Waals surface area contributed by atoms with Crippen LogP contribution in [0, 0.1) is 0 Å². The summed E-state index contributed by atoms with van der Waals surface area (Å²) in [6.07, 6.45) is 4.08. The van der Waals surface area contributed by atoms with Crippen LogP contribution in [0.25, 0.3) is 16.8 Å². The Morgan fingerprint density at radius 3 is 2.52 bits per heavy atom. The SMILES string of the molecule is Cn1cc(/C=C/C(=O)Nc2ccc3ccccc3c2)c(=O)n(C)c1=O. The molecule has 0 aliphatic heterocycles. The largest absolute Gasteiger partial charge is 0.330 e. The Bertz CT molecular complexity index is 1110. The van der Waals surface area contributed by atoms with Gasteiger partial charge in [0.15, 0.2) is 0 Å². The van der Waals surface area contributed by atoms with Gasteiger partial charge in [0.05, 0.1) is 5.56 Å². The Labute approximate surface area is 143 Å². The van der Waals surface area contributed by atoms with Gasteiger partial charge in [-0.3, -0.25) is 14.2 Å². The number of benzene rings is 2. The molecule has 0 spiro atoms. The maximum absolute atomic E-state index is 12.1. The number of anilines is 1. The number of hydrogen-bond donors (Lipinski definition) is 1. The molecule has 6 nitrogen and oxygen atoms in total. The van der Waals surface area contributed by atoms with Crippen LogP contribution >= 0.6 is 0 Å². The highest BCUT2D eigenvalue weighted by Crippen LogP contribution is 2.18. The molecule has 25 heavy (non-hydrogen) atoms. The summed E-state index contributed by atoms with van der Waals surface area (Å²) in [5.41, 5.74) is 0.0700. The van der Waals surface area contributed by atoms with Crippen LogP contribution in [0.1, 0.15) is 5.56 Å². The second-order valence-corrected chi connectivity index (χ2v) is 5.73. The average molecular weight is 335 g/mol. The van der Waals surface area contributed by atoms with Crippen LogP contribution in [-0.4, -0.2) is 15.0 Å². The lowest BCUT2D eigenvalue weighted by atomic mass is 10.1. The van der Waals surface area contributed by atoms with Gasteiger partial charge in [-0.1, -0.05) is 30.3 Å². The van der Waals surface area contributed by atoms with Crippen molar-refractivity contribution in [3.05, 3.63) is 81.1 Å². The third-order valence-corrected chi connectivity index (χ3v) is 3.90. The summed E-state index contributed by atoms with van der Waals surface area (Å²) in [5.74, 6) is -0.355. The molecule has 0 aliphatic rings. The highest BCUT2D eigenvalue weighted by Gasteiger charge is 2.05. The number of nitrogens with zero attached hydrogens (tertiary/aromatic N) is 2. The zero-order chi connectivity index (χ0) is 18.0. The standard InChI is InChI=1S/C19H17N3O3/c1-21-12-15(18(24)22(2)19(21)25)8-10-17(23)20-16-9-7-13-5-3-4-6-14(13)11-16/h3-12H,1-2H3,(H,20,23)/b10-8+. The number of carbonyl (C=O) groups is 1. The lowest BCUT2D eigenvalue weighted by molar-refractivity contribution is -0.111. The maximum atomic E-state index is 12.1. The Morgan fingerprint density at radius 2 is 1.76 bits per heavy atom. The Balaban J connectivity index is 1.81. The number of aromatic nitrogens is 2. The van der Waals surface area contributed by atoms with Crippen LogP contribution in [-0.2, 0) is 18.9 Å². The second kappa shape index (κ2) is 6.60. The number of aryl methyl sites for hydroxylation is 1. The number of amides is 1. The molecule has 6 heteroatoms. The molecule has 0 radical (unpaired) electrons. The van der Waals surface area contributed by atoms with Gasteiger partial charge in [0.1, 0.15) is 0 Å². The first-order chi connectivity index (χ1) is 12.0. The zero-order valence-corrected chi connectivity index (χ0v) is 13.9. The number of hydrogen-bond acceptors (Lipinski definition) is 3. The lowest BCUT2D eigenvalue weighted by Gasteiger charge is -2.05. The van der Waals surface area contributed by atoms with Gasteiger partial charge < -0.3 is 9.88 Å². The van der Waals surface area contributed by atoms with E-state index < -0.39 is 11.2 Å². The molecule has 0 aliphatic carbocycles. The fourth-order valence-corrected chi connectivity index (χ4v) is 2.57. The molecule has 1 aromatic heterocycles. The molecule has 1 amide bonds. The van der Waals surface area contributed by atoms with Crippen molar-refractivity contribution >= 4 is 28.4 Å². The minimum absolute atomic E-state index is 0.262. The quantitative estimate of drug-likeness (QED) is 0.743. The average Bonchev–Trinajstić information content (AvgIpc) is 2.61. The first kappa shape index (κ1) is 16.4. The minimum atomic E-state index is -0.446. The van der Waals surface area contributed by atoms with E-state index >= 15 is 0 Å². The van der Waals surface area contributed by atoms with Crippen molar-refractivity contribution in [2.24, 2.45) is 14.1 Å². The van der Waals surface area contributed by atoms with Crippen molar-refractivity contribution in [2.75, 3.05) is 5.32 Å². The molecule has 0 saturated heterocycles. The molecule has 1 N–H and O–H groups in total. The monoisotopic (exact) mass is 335 g/mol. The first-order valence-electron chi connectivity index (χ1n) is 7.70. The summed E-state index contributed by atoms with van der Waals surface area (Å²) in [6.45, 7) is 0. The summed E-state index contributed by atoms with van der Waals surface area (Å²) in [6, 6.07) is 13.5. The Kier molecular flexibility index (Phi) is 4.35. The van der Waals surface area contributed by atoms with E-state index in [0.29, 0.717) is 5.69 Å². The predicted octanol–water partition coefficient (Wildman–Crippen LogP) is 1.89. The molecule has 1 heterocycles. The van der Waals surface area contributed by atoms with Gasteiger partial charge in [0.2, 0.25) is 5.91 Å². The Morgan fingerprint density at radius 1 is 1.04 bits per heavy atom. The highest BCUT2D eigenvalue weighted by molar-refractivity contribution is 6.03. The highest BCUT2D eigenvalue weighted by atomic mass is 16.2. The molecule has 0 saturated carbocycles. The van der Waals surface area contributed by atoms with Gasteiger partial charge in [0, 0.05) is 32.1 Å². The summed E-state index contributed by atoms with van der Waals surface area (Å²) in [7, 11) is 2.95. The summed E-state index contributed by atoms with van der Waals surface area (Å²) >= 11 is 0. The van der Waals surface area contributed by atoms with Crippen LogP contribution < -0.4 is 16.6 Å². The minimum Gasteiger partial charge on any atom is -0.322 e. The van der Waals surface area contributed by atoms with Gasteiger partial charge in [-0.15, -0.1) is 0 Å². The molecular formula is C19H17N3O3. The van der Waals surface area contributed by atoms with Gasteiger partial charge in [0.25, 0.3) is 5.56 Å². The third kappa shape index (κ3) is 3.42. The first-order valence-corrected chi connectivity index (χ1v) is 7.70. The summed E-state index contributed by atoms with van der Waals surface area (Å²) in [4.78, 5) is 35.8. The molecule has 0 unspecified atom stereocenters. The number of carbonyl (C=O) groups excluding carboxylic acids is 1. The van der Waals surface area contributed by atoms with Crippen molar-refractivity contribution in [3.63, 3.8) is 0 Å². The van der Waals surface area contributed by atoms with E-state index in [4.69, 9.17) is 0 Å². The van der Waals surface area contributed by atoms with Gasteiger partial charge >= 0.3 is 5.69 Å². The van der Waals surface area contributed by atoms with Crippen LogP contribution in [0.5, 0.6) is 0 Å². The molecule has 126 valence electrons. The fraction of sp³-hybridized carbons (Fsp3) is 0.105. The number of nitrogens with one attached hydrogen (secondary N) is 1. The van der Waals surface area contributed by atoms with Crippen LogP contribution in [0.2, 0.25) is 0 Å². The zero-order valence-electron chi connectivity index (χ0n) is 13.9. The second-order valence-electron chi connectivity index (χ2n) is 5.73. The topological polar surface area (TPSA) is 73.1 Å². The van der Waals surface area contributed by atoms with Crippen molar-refractivity contribution < 1.29 is 4.79 Å². The van der Waals surface area contributed by atoms with E-state index in [2.05, 4.69) is 5.32 Å². The van der Waals surface area contributed by atoms with Crippen molar-refractivity contribution in [2.45, 2.75) is 0 Å².